The third kappa shape index (κ3) is 8.71. The number of anilines is 2. The normalized spacial score (nSPS) is 20.9. The second-order valence-electron chi connectivity index (χ2n) is 13.0. The largest absolute Gasteiger partial charge is 0.459 e. The standard InChI is InChI=1S/C36H34Cl2F6N6O2/c1-2-27-15-28(20-49(27)31-30(37)18-45-33(38)48-31)50(19-21-12-25(35(39,40)41)14-26(13-21)36(42,43)44)34-46-16-24(17-47-34)22-8-10-29(11-9-22)52-32(51)23-6-4-3-5-7-23/h3-7,12-14,16-18,22,27-29H,2,8-11,15,19-20H2,1H3/t22?,27?,28-,29?/m0/s1. The summed E-state index contributed by atoms with van der Waals surface area (Å²) in [6.45, 7) is 1.87. The van der Waals surface area contributed by atoms with Gasteiger partial charge in [0.2, 0.25) is 11.2 Å². The van der Waals surface area contributed by atoms with Gasteiger partial charge in [-0.15, -0.1) is 0 Å². The Morgan fingerprint density at radius 1 is 0.904 bits per heavy atom. The van der Waals surface area contributed by atoms with E-state index in [0.29, 0.717) is 49.9 Å². The smallest absolute Gasteiger partial charge is 0.416 e. The lowest BCUT2D eigenvalue weighted by molar-refractivity contribution is -0.143. The molecular formula is C36H34Cl2F6N6O2. The predicted octanol–water partition coefficient (Wildman–Crippen LogP) is 9.56. The zero-order valence-electron chi connectivity index (χ0n) is 27.8. The summed E-state index contributed by atoms with van der Waals surface area (Å²) >= 11 is 12.5. The van der Waals surface area contributed by atoms with Crippen LogP contribution >= 0.6 is 23.2 Å². The quantitative estimate of drug-likeness (QED) is 0.0947. The number of esters is 1. The first-order chi connectivity index (χ1) is 24.7. The molecule has 2 aromatic heterocycles. The van der Waals surface area contributed by atoms with Crippen LogP contribution in [0.15, 0.2) is 67.1 Å². The van der Waals surface area contributed by atoms with Crippen LogP contribution in [0.4, 0.5) is 38.1 Å². The Bertz CT molecular complexity index is 1830. The van der Waals surface area contributed by atoms with E-state index >= 15 is 0 Å². The lowest BCUT2D eigenvalue weighted by Gasteiger charge is -2.31. The van der Waals surface area contributed by atoms with Gasteiger partial charge in [-0.3, -0.25) is 0 Å². The van der Waals surface area contributed by atoms with Crippen molar-refractivity contribution < 1.29 is 35.9 Å². The fourth-order valence-corrected chi connectivity index (χ4v) is 7.30. The zero-order valence-corrected chi connectivity index (χ0v) is 29.4. The summed E-state index contributed by atoms with van der Waals surface area (Å²) in [5.74, 6) is 0.216. The van der Waals surface area contributed by atoms with E-state index in [0.717, 1.165) is 17.7 Å². The van der Waals surface area contributed by atoms with Crippen molar-refractivity contribution in [2.24, 2.45) is 0 Å². The Balaban J connectivity index is 1.26. The summed E-state index contributed by atoms with van der Waals surface area (Å²) < 4.78 is 88.6. The molecule has 0 spiro atoms. The molecule has 2 aromatic carbocycles. The van der Waals surface area contributed by atoms with E-state index in [2.05, 4.69) is 19.9 Å². The van der Waals surface area contributed by atoms with E-state index in [1.165, 1.54) is 6.20 Å². The molecule has 0 amide bonds. The first kappa shape index (κ1) is 37.6. The monoisotopic (exact) mass is 766 g/mol. The maximum absolute atomic E-state index is 13.8. The molecule has 3 heterocycles. The van der Waals surface area contributed by atoms with Crippen molar-refractivity contribution in [3.05, 3.63) is 105 Å². The number of rotatable bonds is 9. The van der Waals surface area contributed by atoms with Crippen LogP contribution in [0.25, 0.3) is 0 Å². The number of hydrogen-bond donors (Lipinski definition) is 0. The van der Waals surface area contributed by atoms with Crippen molar-refractivity contribution in [3.8, 4) is 0 Å². The van der Waals surface area contributed by atoms with Crippen LogP contribution in [-0.2, 0) is 23.6 Å². The topological polar surface area (TPSA) is 84.3 Å². The number of ether oxygens (including phenoxy) is 1. The molecular weight excluding hydrogens is 733 g/mol. The molecule has 52 heavy (non-hydrogen) atoms. The Kier molecular flexibility index (Phi) is 11.2. The molecule has 276 valence electrons. The maximum atomic E-state index is 13.8. The van der Waals surface area contributed by atoms with E-state index in [4.69, 9.17) is 27.9 Å². The Morgan fingerprint density at radius 3 is 2.13 bits per heavy atom. The van der Waals surface area contributed by atoms with Gasteiger partial charge in [0.15, 0.2) is 5.82 Å². The summed E-state index contributed by atoms with van der Waals surface area (Å²) in [6, 6.07) is 9.72. The molecule has 1 saturated carbocycles. The molecule has 4 aromatic rings. The molecule has 0 N–H and O–H groups in total. The minimum absolute atomic E-state index is 0.0273. The zero-order chi connectivity index (χ0) is 37.2. The van der Waals surface area contributed by atoms with Crippen molar-refractivity contribution in [2.75, 3.05) is 16.3 Å². The first-order valence-corrected chi connectivity index (χ1v) is 17.5. The average Bonchev–Trinajstić information content (AvgIpc) is 3.55. The van der Waals surface area contributed by atoms with E-state index < -0.39 is 29.5 Å². The molecule has 0 bridgehead atoms. The van der Waals surface area contributed by atoms with Gasteiger partial charge in [-0.1, -0.05) is 36.7 Å². The number of hydrogen-bond acceptors (Lipinski definition) is 8. The van der Waals surface area contributed by atoms with Gasteiger partial charge in [-0.25, -0.2) is 19.7 Å². The van der Waals surface area contributed by atoms with Gasteiger partial charge in [0, 0.05) is 31.5 Å². The SMILES string of the molecule is CCC1C[C@H](N(Cc2cc(C(F)(F)F)cc(C(F)(F)F)c2)c2ncc(C3CCC(OC(=O)c4ccccc4)CC3)cn2)CN1c1nc(Cl)ncc1Cl. The lowest BCUT2D eigenvalue weighted by atomic mass is 9.84. The van der Waals surface area contributed by atoms with E-state index in [9.17, 15) is 31.1 Å². The van der Waals surface area contributed by atoms with Crippen molar-refractivity contribution in [2.45, 2.75) is 88.5 Å². The maximum Gasteiger partial charge on any atom is 0.416 e. The minimum Gasteiger partial charge on any atom is -0.459 e. The van der Waals surface area contributed by atoms with Gasteiger partial charge in [0.25, 0.3) is 0 Å². The fraction of sp³-hybridized carbons (Fsp3) is 0.417. The van der Waals surface area contributed by atoms with E-state index in [1.54, 1.807) is 41.6 Å². The molecule has 1 saturated heterocycles. The van der Waals surface area contributed by atoms with Crippen LogP contribution in [0.3, 0.4) is 0 Å². The third-order valence-electron chi connectivity index (χ3n) is 9.62. The number of carbonyl (C=O) groups is 1. The summed E-state index contributed by atoms with van der Waals surface area (Å²) in [4.78, 5) is 33.5. The Morgan fingerprint density at radius 2 is 1.54 bits per heavy atom. The van der Waals surface area contributed by atoms with Gasteiger partial charge < -0.3 is 14.5 Å². The van der Waals surface area contributed by atoms with Crippen LogP contribution in [-0.4, -0.2) is 50.6 Å². The first-order valence-electron chi connectivity index (χ1n) is 16.8. The molecule has 2 atom stereocenters. The van der Waals surface area contributed by atoms with Crippen LogP contribution < -0.4 is 9.80 Å². The number of benzene rings is 2. The predicted molar refractivity (Wildman–Crippen MR) is 183 cm³/mol. The highest BCUT2D eigenvalue weighted by atomic mass is 35.5. The van der Waals surface area contributed by atoms with Gasteiger partial charge in [-0.2, -0.15) is 31.3 Å². The highest BCUT2D eigenvalue weighted by molar-refractivity contribution is 6.33. The highest BCUT2D eigenvalue weighted by Gasteiger charge is 2.40. The lowest BCUT2D eigenvalue weighted by Crippen LogP contribution is -2.39. The summed E-state index contributed by atoms with van der Waals surface area (Å²) in [5, 5.41) is 0.216. The second-order valence-corrected chi connectivity index (χ2v) is 13.8. The van der Waals surface area contributed by atoms with Crippen molar-refractivity contribution in [1.29, 1.82) is 0 Å². The van der Waals surface area contributed by atoms with Crippen LogP contribution in [0, 0.1) is 0 Å². The van der Waals surface area contributed by atoms with E-state index in [-0.39, 0.29) is 65.0 Å². The molecule has 1 aliphatic heterocycles. The van der Waals surface area contributed by atoms with Crippen LogP contribution in [0.1, 0.15) is 84.0 Å². The fourth-order valence-electron chi connectivity index (χ4n) is 6.97. The summed E-state index contributed by atoms with van der Waals surface area (Å²) in [6.07, 6.45) is -1.79. The van der Waals surface area contributed by atoms with Gasteiger partial charge >= 0.3 is 18.3 Å². The van der Waals surface area contributed by atoms with Crippen molar-refractivity contribution in [3.63, 3.8) is 0 Å². The number of nitrogens with zero attached hydrogens (tertiary/aromatic N) is 6. The molecule has 0 radical (unpaired) electrons. The third-order valence-corrected chi connectivity index (χ3v) is 10.1. The molecule has 1 aliphatic carbocycles. The van der Waals surface area contributed by atoms with Crippen molar-refractivity contribution >= 4 is 40.9 Å². The van der Waals surface area contributed by atoms with Crippen molar-refractivity contribution in [1.82, 2.24) is 19.9 Å². The number of aromatic nitrogens is 4. The Labute approximate surface area is 306 Å². The number of halogens is 8. The Hall–Kier alpha value is -4.17. The average molecular weight is 768 g/mol. The molecule has 8 nitrogen and oxygen atoms in total. The van der Waals surface area contributed by atoms with Gasteiger partial charge in [0.1, 0.15) is 11.1 Å². The molecule has 16 heteroatoms. The number of alkyl halides is 6. The van der Waals surface area contributed by atoms with E-state index in [1.807, 2.05) is 17.9 Å². The molecule has 1 unspecified atom stereocenters. The van der Waals surface area contributed by atoms with Gasteiger partial charge in [-0.05, 0) is 97.5 Å². The minimum atomic E-state index is -5.00. The summed E-state index contributed by atoms with van der Waals surface area (Å²) in [7, 11) is 0. The van der Waals surface area contributed by atoms with Crippen LogP contribution in [0.2, 0.25) is 10.3 Å². The summed E-state index contributed by atoms with van der Waals surface area (Å²) in [5.41, 5.74) is -1.69. The molecule has 2 fully saturated rings. The second kappa shape index (κ2) is 15.4. The van der Waals surface area contributed by atoms with Gasteiger partial charge in [0.05, 0.1) is 28.9 Å². The highest BCUT2D eigenvalue weighted by Crippen LogP contribution is 2.39. The number of carbonyl (C=O) groups excluding carboxylic acids is 1. The molecule has 6 rings (SSSR count). The molecule has 2 aliphatic rings. The van der Waals surface area contributed by atoms with Crippen LogP contribution in [0.5, 0.6) is 0 Å².